The first-order chi connectivity index (χ1) is 6.77. The molecule has 0 radical (unpaired) electrons. The Labute approximate surface area is 81.8 Å². The SMILES string of the molecule is O=COCCOCCOCCC(=O)O. The van der Waals surface area contributed by atoms with Gasteiger partial charge in [0.15, 0.2) is 0 Å². The Balaban J connectivity index is 2.92. The number of carbonyl (C=O) groups is 2. The van der Waals surface area contributed by atoms with E-state index in [0.717, 1.165) is 0 Å². The Morgan fingerprint density at radius 3 is 2.21 bits per heavy atom. The lowest BCUT2D eigenvalue weighted by atomic mass is 10.5. The van der Waals surface area contributed by atoms with Gasteiger partial charge in [-0.3, -0.25) is 9.59 Å². The van der Waals surface area contributed by atoms with E-state index in [4.69, 9.17) is 14.6 Å². The molecular weight excluding hydrogens is 192 g/mol. The smallest absolute Gasteiger partial charge is 0.305 e. The molecule has 0 unspecified atom stereocenters. The number of ether oxygens (including phenoxy) is 3. The van der Waals surface area contributed by atoms with Crippen molar-refractivity contribution in [2.45, 2.75) is 6.42 Å². The van der Waals surface area contributed by atoms with Gasteiger partial charge in [0.05, 0.1) is 32.8 Å². The Hall–Kier alpha value is -1.14. The molecule has 0 aliphatic rings. The fraction of sp³-hybridized carbons (Fsp3) is 0.750. The summed E-state index contributed by atoms with van der Waals surface area (Å²) >= 11 is 0. The zero-order valence-electron chi connectivity index (χ0n) is 7.81. The normalized spacial score (nSPS) is 9.71. The van der Waals surface area contributed by atoms with Crippen LogP contribution in [-0.4, -0.2) is 50.6 Å². The van der Waals surface area contributed by atoms with Gasteiger partial charge >= 0.3 is 5.97 Å². The highest BCUT2D eigenvalue weighted by Gasteiger charge is 1.95. The first-order valence-electron chi connectivity index (χ1n) is 4.20. The van der Waals surface area contributed by atoms with Crippen LogP contribution < -0.4 is 0 Å². The standard InChI is InChI=1S/C8H14O6/c9-7-14-6-5-13-4-3-12-2-1-8(10)11/h7H,1-6H2,(H,10,11). The molecule has 0 aromatic heterocycles. The van der Waals surface area contributed by atoms with Gasteiger partial charge in [0.25, 0.3) is 6.47 Å². The zero-order valence-corrected chi connectivity index (χ0v) is 7.81. The summed E-state index contributed by atoms with van der Waals surface area (Å²) in [5, 5.41) is 8.25. The van der Waals surface area contributed by atoms with Crippen LogP contribution in [0.15, 0.2) is 0 Å². The van der Waals surface area contributed by atoms with Gasteiger partial charge in [-0.15, -0.1) is 0 Å². The molecule has 82 valence electrons. The van der Waals surface area contributed by atoms with Crippen LogP contribution in [-0.2, 0) is 23.8 Å². The van der Waals surface area contributed by atoms with Gasteiger partial charge in [-0.1, -0.05) is 0 Å². The molecule has 0 spiro atoms. The number of hydrogen-bond donors (Lipinski definition) is 1. The molecule has 0 aromatic carbocycles. The molecule has 6 nitrogen and oxygen atoms in total. The summed E-state index contributed by atoms with van der Waals surface area (Å²) in [5.74, 6) is -0.884. The van der Waals surface area contributed by atoms with Gasteiger partial charge in [0.1, 0.15) is 6.61 Å². The van der Waals surface area contributed by atoms with Gasteiger partial charge in [-0.2, -0.15) is 0 Å². The van der Waals surface area contributed by atoms with Crippen molar-refractivity contribution in [3.8, 4) is 0 Å². The summed E-state index contributed by atoms with van der Waals surface area (Å²) in [6.45, 7) is 1.78. The van der Waals surface area contributed by atoms with Gasteiger partial charge < -0.3 is 19.3 Å². The maximum atomic E-state index is 10.0. The predicted molar refractivity (Wildman–Crippen MR) is 45.9 cm³/mol. The largest absolute Gasteiger partial charge is 0.481 e. The van der Waals surface area contributed by atoms with Gasteiger partial charge in [-0.25, -0.2) is 0 Å². The average Bonchev–Trinajstić information content (AvgIpc) is 2.15. The van der Waals surface area contributed by atoms with Crippen LogP contribution in [0.2, 0.25) is 0 Å². The third kappa shape index (κ3) is 10.9. The number of hydrogen-bond acceptors (Lipinski definition) is 5. The molecule has 0 fully saturated rings. The topological polar surface area (TPSA) is 82.1 Å². The van der Waals surface area contributed by atoms with Crippen molar-refractivity contribution in [3.05, 3.63) is 0 Å². The second-order valence-corrected chi connectivity index (χ2v) is 2.34. The second kappa shape index (κ2) is 9.94. The van der Waals surface area contributed by atoms with E-state index in [1.165, 1.54) is 0 Å². The van der Waals surface area contributed by atoms with Crippen molar-refractivity contribution in [3.63, 3.8) is 0 Å². The second-order valence-electron chi connectivity index (χ2n) is 2.34. The van der Waals surface area contributed by atoms with Crippen molar-refractivity contribution >= 4 is 12.4 Å². The lowest BCUT2D eigenvalue weighted by Gasteiger charge is -2.03. The summed E-state index contributed by atoms with van der Waals surface area (Å²) < 4.78 is 14.3. The molecule has 0 atom stereocenters. The molecule has 0 aromatic rings. The molecule has 0 aliphatic heterocycles. The molecule has 0 heterocycles. The highest BCUT2D eigenvalue weighted by molar-refractivity contribution is 5.66. The zero-order chi connectivity index (χ0) is 10.6. The highest BCUT2D eigenvalue weighted by atomic mass is 16.6. The number of carboxylic acid groups (broad SMARTS) is 1. The molecule has 14 heavy (non-hydrogen) atoms. The van der Waals surface area contributed by atoms with Crippen LogP contribution in [0.5, 0.6) is 0 Å². The van der Waals surface area contributed by atoms with E-state index < -0.39 is 5.97 Å². The molecular formula is C8H14O6. The van der Waals surface area contributed by atoms with Crippen molar-refractivity contribution < 1.29 is 28.9 Å². The van der Waals surface area contributed by atoms with Gasteiger partial charge in [0.2, 0.25) is 0 Å². The number of aliphatic carboxylic acids is 1. The molecule has 0 saturated heterocycles. The van der Waals surface area contributed by atoms with Crippen molar-refractivity contribution in [1.82, 2.24) is 0 Å². The minimum Gasteiger partial charge on any atom is -0.481 e. The fourth-order valence-corrected chi connectivity index (χ4v) is 0.637. The van der Waals surface area contributed by atoms with E-state index in [2.05, 4.69) is 4.74 Å². The predicted octanol–water partition coefficient (Wildman–Crippen LogP) is -0.333. The highest BCUT2D eigenvalue weighted by Crippen LogP contribution is 1.83. The van der Waals surface area contributed by atoms with Crippen LogP contribution in [0.25, 0.3) is 0 Å². The minimum absolute atomic E-state index is 0.00570. The van der Waals surface area contributed by atoms with Crippen molar-refractivity contribution in [1.29, 1.82) is 0 Å². The minimum atomic E-state index is -0.884. The molecule has 0 aliphatic carbocycles. The number of rotatable bonds is 10. The van der Waals surface area contributed by atoms with E-state index >= 15 is 0 Å². The Morgan fingerprint density at radius 1 is 1.07 bits per heavy atom. The monoisotopic (exact) mass is 206 g/mol. The van der Waals surface area contributed by atoms with E-state index in [-0.39, 0.29) is 19.6 Å². The third-order valence-electron chi connectivity index (χ3n) is 1.25. The van der Waals surface area contributed by atoms with Crippen molar-refractivity contribution in [2.75, 3.05) is 33.0 Å². The van der Waals surface area contributed by atoms with Crippen LogP contribution in [0.4, 0.5) is 0 Å². The molecule has 0 rings (SSSR count). The average molecular weight is 206 g/mol. The van der Waals surface area contributed by atoms with Crippen LogP contribution in [0, 0.1) is 0 Å². The first-order valence-corrected chi connectivity index (χ1v) is 4.20. The molecule has 1 N–H and O–H groups in total. The number of carboxylic acids is 1. The molecule has 6 heteroatoms. The third-order valence-corrected chi connectivity index (χ3v) is 1.25. The summed E-state index contributed by atoms with van der Waals surface area (Å²) in [6.07, 6.45) is -0.00570. The quantitative estimate of drug-likeness (QED) is 0.389. The van der Waals surface area contributed by atoms with Crippen LogP contribution in [0.1, 0.15) is 6.42 Å². The summed E-state index contributed by atoms with van der Waals surface area (Å²) in [4.78, 5) is 19.7. The Bertz CT molecular complexity index is 158. The summed E-state index contributed by atoms with van der Waals surface area (Å²) in [6, 6.07) is 0. The van der Waals surface area contributed by atoms with E-state index in [1.807, 2.05) is 0 Å². The molecule has 0 bridgehead atoms. The van der Waals surface area contributed by atoms with E-state index in [0.29, 0.717) is 26.3 Å². The Kier molecular flexibility index (Phi) is 9.13. The maximum Gasteiger partial charge on any atom is 0.305 e. The summed E-state index contributed by atoms with van der Waals surface area (Å²) in [5.41, 5.74) is 0. The first kappa shape index (κ1) is 12.9. The fourth-order valence-electron chi connectivity index (χ4n) is 0.637. The van der Waals surface area contributed by atoms with Crippen LogP contribution in [0.3, 0.4) is 0 Å². The molecule has 0 saturated carbocycles. The van der Waals surface area contributed by atoms with E-state index in [1.54, 1.807) is 0 Å². The Morgan fingerprint density at radius 2 is 1.64 bits per heavy atom. The summed E-state index contributed by atoms with van der Waals surface area (Å²) in [7, 11) is 0. The van der Waals surface area contributed by atoms with E-state index in [9.17, 15) is 9.59 Å². The lowest BCUT2D eigenvalue weighted by molar-refractivity contribution is -0.138. The van der Waals surface area contributed by atoms with Crippen LogP contribution >= 0.6 is 0 Å². The van der Waals surface area contributed by atoms with Gasteiger partial charge in [0, 0.05) is 0 Å². The van der Waals surface area contributed by atoms with Gasteiger partial charge in [-0.05, 0) is 0 Å². The van der Waals surface area contributed by atoms with Crippen molar-refractivity contribution in [2.24, 2.45) is 0 Å². The maximum absolute atomic E-state index is 10.0. The molecule has 0 amide bonds. The lowest BCUT2D eigenvalue weighted by Crippen LogP contribution is -2.10. The number of carbonyl (C=O) groups excluding carboxylic acids is 1.